The van der Waals surface area contributed by atoms with Crippen molar-refractivity contribution in [3.8, 4) is 0 Å². The van der Waals surface area contributed by atoms with Crippen molar-refractivity contribution in [2.45, 2.75) is 39.2 Å². The molecule has 1 aromatic carbocycles. The van der Waals surface area contributed by atoms with Gasteiger partial charge >= 0.3 is 0 Å². The molecule has 102 valence electrons. The molecule has 0 saturated heterocycles. The molecule has 0 aliphatic rings. The van der Waals surface area contributed by atoms with Crippen LogP contribution >= 0.6 is 0 Å². The summed E-state index contributed by atoms with van der Waals surface area (Å²) in [4.78, 5) is 12.4. The summed E-state index contributed by atoms with van der Waals surface area (Å²) in [5.74, 6) is 0. The number of hydrogen-bond donors (Lipinski definition) is 1. The van der Waals surface area contributed by atoms with E-state index in [1.807, 2.05) is 33.0 Å². The van der Waals surface area contributed by atoms with Crippen molar-refractivity contribution < 1.29 is 0 Å². The SMILES string of the molecule is CCc1cccc2cc(CC(C)(C)N)c(=O)n(C)c12. The molecule has 3 nitrogen and oxygen atoms in total. The molecule has 1 heterocycles. The van der Waals surface area contributed by atoms with Crippen molar-refractivity contribution in [3.05, 3.63) is 45.7 Å². The van der Waals surface area contributed by atoms with Crippen molar-refractivity contribution in [1.82, 2.24) is 4.57 Å². The van der Waals surface area contributed by atoms with Crippen LogP contribution in [0.5, 0.6) is 0 Å². The van der Waals surface area contributed by atoms with E-state index >= 15 is 0 Å². The van der Waals surface area contributed by atoms with Crippen LogP contribution in [0.4, 0.5) is 0 Å². The summed E-state index contributed by atoms with van der Waals surface area (Å²) in [6.07, 6.45) is 1.51. The summed E-state index contributed by atoms with van der Waals surface area (Å²) in [5, 5.41) is 1.11. The average molecular weight is 258 g/mol. The van der Waals surface area contributed by atoms with Crippen LogP contribution in [0.3, 0.4) is 0 Å². The second kappa shape index (κ2) is 4.82. The maximum absolute atomic E-state index is 12.4. The fraction of sp³-hybridized carbons (Fsp3) is 0.438. The van der Waals surface area contributed by atoms with Crippen LogP contribution in [0.15, 0.2) is 29.1 Å². The van der Waals surface area contributed by atoms with E-state index in [0.29, 0.717) is 6.42 Å². The van der Waals surface area contributed by atoms with E-state index in [-0.39, 0.29) is 11.1 Å². The van der Waals surface area contributed by atoms with Gasteiger partial charge in [0.05, 0.1) is 5.52 Å². The van der Waals surface area contributed by atoms with Gasteiger partial charge in [0, 0.05) is 18.2 Å². The van der Waals surface area contributed by atoms with E-state index in [1.165, 1.54) is 5.56 Å². The molecule has 0 aliphatic carbocycles. The number of benzene rings is 1. The third-order valence-electron chi connectivity index (χ3n) is 3.42. The number of para-hydroxylation sites is 1. The maximum atomic E-state index is 12.4. The highest BCUT2D eigenvalue weighted by molar-refractivity contribution is 5.83. The van der Waals surface area contributed by atoms with Gasteiger partial charge in [-0.1, -0.05) is 25.1 Å². The number of aromatic nitrogens is 1. The zero-order valence-electron chi connectivity index (χ0n) is 12.2. The quantitative estimate of drug-likeness (QED) is 0.919. The molecule has 3 heteroatoms. The lowest BCUT2D eigenvalue weighted by Crippen LogP contribution is -2.37. The fourth-order valence-electron chi connectivity index (χ4n) is 2.61. The van der Waals surface area contributed by atoms with Crippen LogP contribution in [0.2, 0.25) is 0 Å². The molecule has 0 aliphatic heterocycles. The van der Waals surface area contributed by atoms with Crippen molar-refractivity contribution in [2.75, 3.05) is 0 Å². The summed E-state index contributed by atoms with van der Waals surface area (Å²) < 4.78 is 1.76. The van der Waals surface area contributed by atoms with E-state index in [9.17, 15) is 4.79 Å². The molecule has 19 heavy (non-hydrogen) atoms. The molecule has 0 bridgehead atoms. The monoisotopic (exact) mass is 258 g/mol. The van der Waals surface area contributed by atoms with Crippen LogP contribution in [-0.2, 0) is 19.9 Å². The van der Waals surface area contributed by atoms with Gasteiger partial charge in [-0.2, -0.15) is 0 Å². The molecule has 2 aromatic rings. The van der Waals surface area contributed by atoms with Gasteiger partial charge in [0.1, 0.15) is 0 Å². The zero-order chi connectivity index (χ0) is 14.2. The first-order valence-corrected chi connectivity index (χ1v) is 6.73. The Morgan fingerprint density at radius 1 is 1.26 bits per heavy atom. The standard InChI is InChI=1S/C16H22N2O/c1-5-11-7-6-8-12-9-13(10-16(2,3)17)15(19)18(4)14(11)12/h6-9H,5,10,17H2,1-4H3. The summed E-state index contributed by atoms with van der Waals surface area (Å²) in [6.45, 7) is 5.99. The number of pyridine rings is 1. The summed E-state index contributed by atoms with van der Waals surface area (Å²) in [5.41, 5.74) is 8.76. The van der Waals surface area contributed by atoms with E-state index in [1.54, 1.807) is 4.57 Å². The Labute approximate surface area is 114 Å². The smallest absolute Gasteiger partial charge is 0.254 e. The summed E-state index contributed by atoms with van der Waals surface area (Å²) in [7, 11) is 1.84. The first-order chi connectivity index (χ1) is 8.83. The second-order valence-corrected chi connectivity index (χ2v) is 5.91. The lowest BCUT2D eigenvalue weighted by Gasteiger charge is -2.19. The number of aryl methyl sites for hydroxylation is 2. The zero-order valence-corrected chi connectivity index (χ0v) is 12.2. The highest BCUT2D eigenvalue weighted by atomic mass is 16.1. The van der Waals surface area contributed by atoms with Gasteiger partial charge in [-0.15, -0.1) is 0 Å². The van der Waals surface area contributed by atoms with Gasteiger partial charge in [0.25, 0.3) is 5.56 Å². The summed E-state index contributed by atoms with van der Waals surface area (Å²) >= 11 is 0. The van der Waals surface area contributed by atoms with Crippen LogP contribution in [0.25, 0.3) is 10.9 Å². The number of nitrogens with zero attached hydrogens (tertiary/aromatic N) is 1. The molecule has 0 saturated carbocycles. The predicted octanol–water partition coefficient (Wildman–Crippen LogP) is 2.38. The summed E-state index contributed by atoms with van der Waals surface area (Å²) in [6, 6.07) is 8.17. The Bertz CT molecular complexity index is 663. The molecule has 0 unspecified atom stereocenters. The molecule has 1 aromatic heterocycles. The third-order valence-corrected chi connectivity index (χ3v) is 3.42. The van der Waals surface area contributed by atoms with E-state index < -0.39 is 0 Å². The average Bonchev–Trinajstić information content (AvgIpc) is 2.33. The normalized spacial score (nSPS) is 12.1. The minimum atomic E-state index is -0.373. The van der Waals surface area contributed by atoms with E-state index in [0.717, 1.165) is 22.9 Å². The number of rotatable bonds is 3. The van der Waals surface area contributed by atoms with Crippen molar-refractivity contribution in [3.63, 3.8) is 0 Å². The van der Waals surface area contributed by atoms with E-state index in [4.69, 9.17) is 5.73 Å². The topological polar surface area (TPSA) is 48.0 Å². The molecule has 0 spiro atoms. The highest BCUT2D eigenvalue weighted by Gasteiger charge is 2.16. The maximum Gasteiger partial charge on any atom is 0.254 e. The van der Waals surface area contributed by atoms with Crippen LogP contribution in [0.1, 0.15) is 31.9 Å². The van der Waals surface area contributed by atoms with Gasteiger partial charge in [0.2, 0.25) is 0 Å². The van der Waals surface area contributed by atoms with Gasteiger partial charge in [-0.05, 0) is 43.7 Å². The molecule has 0 amide bonds. The second-order valence-electron chi connectivity index (χ2n) is 5.91. The van der Waals surface area contributed by atoms with Crippen molar-refractivity contribution in [2.24, 2.45) is 12.8 Å². The number of hydrogen-bond acceptors (Lipinski definition) is 2. The molecule has 2 rings (SSSR count). The van der Waals surface area contributed by atoms with Crippen LogP contribution in [-0.4, -0.2) is 10.1 Å². The third kappa shape index (κ3) is 2.71. The highest BCUT2D eigenvalue weighted by Crippen LogP contribution is 2.19. The lowest BCUT2D eigenvalue weighted by molar-refractivity contribution is 0.513. The predicted molar refractivity (Wildman–Crippen MR) is 80.5 cm³/mol. The minimum absolute atomic E-state index is 0.0620. The Hall–Kier alpha value is -1.61. The molecule has 2 N–H and O–H groups in total. The van der Waals surface area contributed by atoms with Gasteiger partial charge in [0.15, 0.2) is 0 Å². The molecule has 0 fully saturated rings. The minimum Gasteiger partial charge on any atom is -0.325 e. The first-order valence-electron chi connectivity index (χ1n) is 6.73. The van der Waals surface area contributed by atoms with Gasteiger partial charge in [-0.3, -0.25) is 4.79 Å². The van der Waals surface area contributed by atoms with Gasteiger partial charge < -0.3 is 10.3 Å². The molecule has 0 radical (unpaired) electrons. The van der Waals surface area contributed by atoms with Gasteiger partial charge in [-0.25, -0.2) is 0 Å². The molecule has 0 atom stereocenters. The number of nitrogens with two attached hydrogens (primary N) is 1. The Kier molecular flexibility index (Phi) is 3.50. The van der Waals surface area contributed by atoms with Crippen molar-refractivity contribution >= 4 is 10.9 Å². The molecular formula is C16H22N2O. The number of fused-ring (bicyclic) bond motifs is 1. The first kappa shape index (κ1) is 13.8. The Morgan fingerprint density at radius 3 is 2.53 bits per heavy atom. The molecular weight excluding hydrogens is 236 g/mol. The Morgan fingerprint density at radius 2 is 1.95 bits per heavy atom. The van der Waals surface area contributed by atoms with Crippen LogP contribution < -0.4 is 11.3 Å². The van der Waals surface area contributed by atoms with Crippen LogP contribution in [0, 0.1) is 0 Å². The van der Waals surface area contributed by atoms with E-state index in [2.05, 4.69) is 19.1 Å². The Balaban J connectivity index is 2.72. The fourth-order valence-corrected chi connectivity index (χ4v) is 2.61. The van der Waals surface area contributed by atoms with Crippen molar-refractivity contribution in [1.29, 1.82) is 0 Å². The lowest BCUT2D eigenvalue weighted by atomic mass is 9.95. The largest absolute Gasteiger partial charge is 0.325 e.